The first-order valence-electron chi connectivity index (χ1n) is 5.76. The summed E-state index contributed by atoms with van der Waals surface area (Å²) < 4.78 is 0. The molecule has 0 unspecified atom stereocenters. The predicted octanol–water partition coefficient (Wildman–Crippen LogP) is 2.29. The summed E-state index contributed by atoms with van der Waals surface area (Å²) in [7, 11) is 0. The maximum Gasteiger partial charge on any atom is 0.130 e. The number of nitrogens with two attached hydrogens (primary N) is 1. The number of pyridine rings is 1. The zero-order valence-corrected chi connectivity index (χ0v) is 9.32. The predicted molar refractivity (Wildman–Crippen MR) is 63.9 cm³/mol. The van der Waals surface area contributed by atoms with Gasteiger partial charge in [0, 0.05) is 31.0 Å². The molecule has 0 atom stereocenters. The van der Waals surface area contributed by atoms with Gasteiger partial charge < -0.3 is 10.6 Å². The fraction of sp³-hybridized carbons (Fsp3) is 0.583. The lowest BCUT2D eigenvalue weighted by Crippen LogP contribution is -2.34. The number of nitrogen functional groups attached to an aromatic ring is 1. The molecule has 82 valence electrons. The SMILES string of the molecule is CCC1CCN(c2cc(N)ccn2)CC1. The molecule has 1 aliphatic heterocycles. The summed E-state index contributed by atoms with van der Waals surface area (Å²) in [6.07, 6.45) is 5.66. The molecule has 3 heteroatoms. The summed E-state index contributed by atoms with van der Waals surface area (Å²) in [5, 5.41) is 0. The van der Waals surface area contributed by atoms with Crippen LogP contribution in [0.15, 0.2) is 18.3 Å². The molecular formula is C12H19N3. The highest BCUT2D eigenvalue weighted by Gasteiger charge is 2.18. The molecule has 1 fully saturated rings. The molecule has 15 heavy (non-hydrogen) atoms. The normalized spacial score (nSPS) is 18.1. The average molecular weight is 205 g/mol. The number of anilines is 2. The molecule has 0 spiro atoms. The third-order valence-corrected chi connectivity index (χ3v) is 3.29. The molecule has 2 rings (SSSR count). The van der Waals surface area contributed by atoms with Crippen molar-refractivity contribution in [2.75, 3.05) is 23.7 Å². The van der Waals surface area contributed by atoms with Gasteiger partial charge in [-0.15, -0.1) is 0 Å². The molecule has 0 aromatic carbocycles. The van der Waals surface area contributed by atoms with Gasteiger partial charge in [-0.05, 0) is 24.8 Å². The van der Waals surface area contributed by atoms with E-state index in [1.165, 1.54) is 19.3 Å². The lowest BCUT2D eigenvalue weighted by atomic mass is 9.94. The van der Waals surface area contributed by atoms with Crippen LogP contribution >= 0.6 is 0 Å². The second-order valence-corrected chi connectivity index (χ2v) is 4.29. The topological polar surface area (TPSA) is 42.1 Å². The van der Waals surface area contributed by atoms with Gasteiger partial charge in [-0.25, -0.2) is 4.98 Å². The molecule has 0 radical (unpaired) electrons. The third-order valence-electron chi connectivity index (χ3n) is 3.29. The minimum Gasteiger partial charge on any atom is -0.399 e. The Balaban J connectivity index is 2.01. The molecule has 0 amide bonds. The Morgan fingerprint density at radius 2 is 2.20 bits per heavy atom. The Hall–Kier alpha value is -1.25. The van der Waals surface area contributed by atoms with E-state index in [4.69, 9.17) is 5.73 Å². The van der Waals surface area contributed by atoms with Gasteiger partial charge in [0.15, 0.2) is 0 Å². The first-order valence-corrected chi connectivity index (χ1v) is 5.76. The van der Waals surface area contributed by atoms with Crippen molar-refractivity contribution in [1.29, 1.82) is 0 Å². The zero-order valence-electron chi connectivity index (χ0n) is 9.32. The molecule has 2 heterocycles. The van der Waals surface area contributed by atoms with Gasteiger partial charge in [0.25, 0.3) is 0 Å². The van der Waals surface area contributed by atoms with Crippen molar-refractivity contribution in [3.05, 3.63) is 18.3 Å². The van der Waals surface area contributed by atoms with Gasteiger partial charge in [-0.2, -0.15) is 0 Å². The van der Waals surface area contributed by atoms with Crippen LogP contribution in [-0.2, 0) is 0 Å². The minimum absolute atomic E-state index is 0.803. The van der Waals surface area contributed by atoms with Gasteiger partial charge in [0.2, 0.25) is 0 Å². The van der Waals surface area contributed by atoms with E-state index in [1.54, 1.807) is 6.20 Å². The number of hydrogen-bond acceptors (Lipinski definition) is 3. The molecule has 0 bridgehead atoms. The summed E-state index contributed by atoms with van der Waals surface area (Å²) in [5.41, 5.74) is 6.56. The summed E-state index contributed by atoms with van der Waals surface area (Å²) in [6.45, 7) is 4.52. The monoisotopic (exact) mass is 205 g/mol. The number of piperidine rings is 1. The summed E-state index contributed by atoms with van der Waals surface area (Å²) in [4.78, 5) is 6.70. The first-order chi connectivity index (χ1) is 7.29. The van der Waals surface area contributed by atoms with E-state index in [1.807, 2.05) is 12.1 Å². The van der Waals surface area contributed by atoms with Crippen LogP contribution in [0, 0.1) is 5.92 Å². The highest BCUT2D eigenvalue weighted by Crippen LogP contribution is 2.24. The van der Waals surface area contributed by atoms with Crippen LogP contribution in [-0.4, -0.2) is 18.1 Å². The van der Waals surface area contributed by atoms with E-state index in [0.717, 1.165) is 30.5 Å². The summed E-state index contributed by atoms with van der Waals surface area (Å²) in [6, 6.07) is 3.80. The Morgan fingerprint density at radius 1 is 1.47 bits per heavy atom. The van der Waals surface area contributed by atoms with E-state index < -0.39 is 0 Å². The molecule has 1 aromatic heterocycles. The van der Waals surface area contributed by atoms with Crippen molar-refractivity contribution in [1.82, 2.24) is 4.98 Å². The van der Waals surface area contributed by atoms with Gasteiger partial charge in [-0.3, -0.25) is 0 Å². The van der Waals surface area contributed by atoms with E-state index >= 15 is 0 Å². The van der Waals surface area contributed by atoms with Crippen molar-refractivity contribution >= 4 is 11.5 Å². The average Bonchev–Trinajstić information content (AvgIpc) is 2.29. The van der Waals surface area contributed by atoms with Crippen LogP contribution in [0.3, 0.4) is 0 Å². The maximum atomic E-state index is 5.75. The van der Waals surface area contributed by atoms with E-state index in [2.05, 4.69) is 16.8 Å². The highest BCUT2D eigenvalue weighted by atomic mass is 15.2. The molecule has 3 nitrogen and oxygen atoms in total. The van der Waals surface area contributed by atoms with Crippen molar-refractivity contribution in [3.63, 3.8) is 0 Å². The van der Waals surface area contributed by atoms with Crippen LogP contribution in [0.5, 0.6) is 0 Å². The second-order valence-electron chi connectivity index (χ2n) is 4.29. The fourth-order valence-electron chi connectivity index (χ4n) is 2.18. The Morgan fingerprint density at radius 3 is 2.80 bits per heavy atom. The summed E-state index contributed by atoms with van der Waals surface area (Å²) >= 11 is 0. The minimum atomic E-state index is 0.803. The van der Waals surface area contributed by atoms with Crippen molar-refractivity contribution in [3.8, 4) is 0 Å². The second kappa shape index (κ2) is 4.51. The lowest BCUT2D eigenvalue weighted by molar-refractivity contribution is 0.394. The quantitative estimate of drug-likeness (QED) is 0.805. The molecular weight excluding hydrogens is 186 g/mol. The molecule has 0 saturated carbocycles. The number of nitrogens with zero attached hydrogens (tertiary/aromatic N) is 2. The first kappa shape index (κ1) is 10.3. The van der Waals surface area contributed by atoms with Gasteiger partial charge >= 0.3 is 0 Å². The number of aromatic nitrogens is 1. The number of hydrogen-bond donors (Lipinski definition) is 1. The molecule has 2 N–H and O–H groups in total. The van der Waals surface area contributed by atoms with Crippen LogP contribution < -0.4 is 10.6 Å². The van der Waals surface area contributed by atoms with Crippen LogP contribution in [0.25, 0.3) is 0 Å². The Labute approximate surface area is 91.3 Å². The van der Waals surface area contributed by atoms with Crippen LogP contribution in [0.4, 0.5) is 11.5 Å². The lowest BCUT2D eigenvalue weighted by Gasteiger charge is -2.32. The zero-order chi connectivity index (χ0) is 10.7. The van der Waals surface area contributed by atoms with Gasteiger partial charge in [-0.1, -0.05) is 13.3 Å². The molecule has 1 aromatic rings. The van der Waals surface area contributed by atoms with E-state index in [9.17, 15) is 0 Å². The Kier molecular flexibility index (Phi) is 3.09. The van der Waals surface area contributed by atoms with E-state index in [0.29, 0.717) is 0 Å². The fourth-order valence-corrected chi connectivity index (χ4v) is 2.18. The van der Waals surface area contributed by atoms with Gasteiger partial charge in [0.1, 0.15) is 5.82 Å². The standard InChI is InChI=1S/C12H19N3/c1-2-10-4-7-15(8-5-10)12-9-11(13)3-6-14-12/h3,6,9-10H,2,4-5,7-8H2,1H3,(H2,13,14). The van der Waals surface area contributed by atoms with E-state index in [-0.39, 0.29) is 0 Å². The van der Waals surface area contributed by atoms with Crippen molar-refractivity contribution < 1.29 is 0 Å². The number of rotatable bonds is 2. The largest absolute Gasteiger partial charge is 0.399 e. The molecule has 1 saturated heterocycles. The van der Waals surface area contributed by atoms with Gasteiger partial charge in [0.05, 0.1) is 0 Å². The van der Waals surface area contributed by atoms with Crippen LogP contribution in [0.1, 0.15) is 26.2 Å². The Bertz CT molecular complexity index is 316. The molecule has 0 aliphatic carbocycles. The maximum absolute atomic E-state index is 5.75. The highest BCUT2D eigenvalue weighted by molar-refractivity contribution is 5.50. The third kappa shape index (κ3) is 2.41. The van der Waals surface area contributed by atoms with Crippen molar-refractivity contribution in [2.24, 2.45) is 5.92 Å². The molecule has 1 aliphatic rings. The summed E-state index contributed by atoms with van der Waals surface area (Å²) in [5.74, 6) is 1.94. The van der Waals surface area contributed by atoms with Crippen molar-refractivity contribution in [2.45, 2.75) is 26.2 Å². The smallest absolute Gasteiger partial charge is 0.130 e. The van der Waals surface area contributed by atoms with Crippen LogP contribution in [0.2, 0.25) is 0 Å².